The molecule has 0 radical (unpaired) electrons. The molecule has 80 valence electrons. The Morgan fingerprint density at radius 3 is 2.50 bits per heavy atom. The lowest BCUT2D eigenvalue weighted by atomic mass is 10.1. The number of hydrogen-bond acceptors (Lipinski definition) is 2. The van der Waals surface area contributed by atoms with Gasteiger partial charge in [0.05, 0.1) is 5.56 Å². The highest BCUT2D eigenvalue weighted by Gasteiger charge is 2.12. The van der Waals surface area contributed by atoms with E-state index in [2.05, 4.69) is 4.98 Å². The molecule has 1 aromatic heterocycles. The monoisotopic (exact) mass is 235 g/mol. The van der Waals surface area contributed by atoms with Crippen LogP contribution >= 0.6 is 11.6 Å². The van der Waals surface area contributed by atoms with E-state index in [1.54, 1.807) is 12.1 Å². The molecule has 2 rings (SSSR count). The summed E-state index contributed by atoms with van der Waals surface area (Å²) in [6, 6.07) is 8.51. The van der Waals surface area contributed by atoms with Gasteiger partial charge in [0, 0.05) is 11.8 Å². The zero-order valence-corrected chi connectivity index (χ0v) is 8.91. The average Bonchev–Trinajstić information content (AvgIpc) is 2.30. The predicted molar refractivity (Wildman–Crippen MR) is 59.1 cm³/mol. The normalized spacial score (nSPS) is 10.1. The van der Waals surface area contributed by atoms with Crippen molar-refractivity contribution in [1.29, 1.82) is 0 Å². The molecule has 2 aromatic rings. The van der Waals surface area contributed by atoms with E-state index in [0.717, 1.165) is 0 Å². The maximum atomic E-state index is 12.7. The van der Waals surface area contributed by atoms with Crippen LogP contribution in [0.25, 0.3) is 0 Å². The van der Waals surface area contributed by atoms with Crippen LogP contribution in [-0.4, -0.2) is 10.8 Å². The quantitative estimate of drug-likeness (QED) is 0.591. The fourth-order valence-corrected chi connectivity index (χ4v) is 1.52. The van der Waals surface area contributed by atoms with E-state index < -0.39 is 0 Å². The van der Waals surface area contributed by atoms with Gasteiger partial charge >= 0.3 is 0 Å². The number of nitrogens with zero attached hydrogens (tertiary/aromatic N) is 1. The van der Waals surface area contributed by atoms with Gasteiger partial charge in [-0.3, -0.25) is 4.79 Å². The van der Waals surface area contributed by atoms with Crippen LogP contribution in [0.5, 0.6) is 0 Å². The van der Waals surface area contributed by atoms with E-state index in [0.29, 0.717) is 11.1 Å². The van der Waals surface area contributed by atoms with E-state index in [1.807, 2.05) is 0 Å². The van der Waals surface area contributed by atoms with E-state index in [1.165, 1.54) is 30.5 Å². The predicted octanol–water partition coefficient (Wildman–Crippen LogP) is 3.11. The Morgan fingerprint density at radius 1 is 1.19 bits per heavy atom. The van der Waals surface area contributed by atoms with Gasteiger partial charge in [-0.1, -0.05) is 11.6 Å². The molecule has 0 saturated carbocycles. The minimum Gasteiger partial charge on any atom is -0.288 e. The van der Waals surface area contributed by atoms with Gasteiger partial charge in [0.1, 0.15) is 11.0 Å². The fraction of sp³-hybridized carbons (Fsp3) is 0. The lowest BCUT2D eigenvalue weighted by Crippen LogP contribution is -2.02. The van der Waals surface area contributed by atoms with Crippen molar-refractivity contribution in [2.45, 2.75) is 0 Å². The molecule has 0 amide bonds. The number of rotatable bonds is 2. The van der Waals surface area contributed by atoms with Gasteiger partial charge < -0.3 is 0 Å². The molecule has 0 atom stereocenters. The van der Waals surface area contributed by atoms with Crippen LogP contribution in [0.1, 0.15) is 15.9 Å². The van der Waals surface area contributed by atoms with Gasteiger partial charge in [-0.05, 0) is 36.4 Å². The first-order valence-electron chi connectivity index (χ1n) is 4.59. The van der Waals surface area contributed by atoms with Crippen LogP contribution in [0.3, 0.4) is 0 Å². The maximum absolute atomic E-state index is 12.7. The molecule has 0 spiro atoms. The first kappa shape index (κ1) is 10.8. The van der Waals surface area contributed by atoms with Crippen molar-refractivity contribution < 1.29 is 9.18 Å². The summed E-state index contributed by atoms with van der Waals surface area (Å²) >= 11 is 5.79. The molecule has 1 aromatic carbocycles. The summed E-state index contributed by atoms with van der Waals surface area (Å²) in [4.78, 5) is 15.7. The number of ketones is 1. The van der Waals surface area contributed by atoms with E-state index in [4.69, 9.17) is 11.6 Å². The summed E-state index contributed by atoms with van der Waals surface area (Å²) in [7, 11) is 0. The molecule has 4 heteroatoms. The maximum Gasteiger partial charge on any atom is 0.196 e. The SMILES string of the molecule is O=C(c1ccc(F)cc1)c1cccnc1Cl. The zero-order chi connectivity index (χ0) is 11.5. The molecule has 0 aliphatic rings. The molecule has 0 fully saturated rings. The Morgan fingerprint density at radius 2 is 1.88 bits per heavy atom. The van der Waals surface area contributed by atoms with Crippen LogP contribution in [0.4, 0.5) is 4.39 Å². The third-order valence-corrected chi connectivity index (χ3v) is 2.41. The van der Waals surface area contributed by atoms with Gasteiger partial charge in [-0.25, -0.2) is 9.37 Å². The van der Waals surface area contributed by atoms with E-state index in [-0.39, 0.29) is 16.8 Å². The molecule has 0 bridgehead atoms. The zero-order valence-electron chi connectivity index (χ0n) is 8.15. The third kappa shape index (κ3) is 2.09. The van der Waals surface area contributed by atoms with Crippen molar-refractivity contribution >= 4 is 17.4 Å². The van der Waals surface area contributed by atoms with Crippen LogP contribution in [0.15, 0.2) is 42.6 Å². The number of carbonyl (C=O) groups is 1. The van der Waals surface area contributed by atoms with Gasteiger partial charge in [-0.15, -0.1) is 0 Å². The largest absolute Gasteiger partial charge is 0.288 e. The van der Waals surface area contributed by atoms with Gasteiger partial charge in [0.25, 0.3) is 0 Å². The molecule has 0 saturated heterocycles. The van der Waals surface area contributed by atoms with Gasteiger partial charge in [0.2, 0.25) is 0 Å². The molecule has 1 heterocycles. The fourth-order valence-electron chi connectivity index (χ4n) is 1.31. The highest BCUT2D eigenvalue weighted by molar-refractivity contribution is 6.33. The van der Waals surface area contributed by atoms with Crippen LogP contribution in [0, 0.1) is 5.82 Å². The molecule has 16 heavy (non-hydrogen) atoms. The summed E-state index contributed by atoms with van der Waals surface area (Å²) < 4.78 is 12.7. The van der Waals surface area contributed by atoms with Crippen molar-refractivity contribution in [1.82, 2.24) is 4.98 Å². The van der Waals surface area contributed by atoms with Crippen molar-refractivity contribution in [3.05, 3.63) is 64.7 Å². The topological polar surface area (TPSA) is 30.0 Å². The molecule has 0 aliphatic carbocycles. The van der Waals surface area contributed by atoms with Crippen LogP contribution < -0.4 is 0 Å². The van der Waals surface area contributed by atoms with Crippen molar-refractivity contribution in [3.8, 4) is 0 Å². The number of carbonyl (C=O) groups excluding carboxylic acids is 1. The summed E-state index contributed by atoms with van der Waals surface area (Å²) in [5.41, 5.74) is 0.701. The summed E-state index contributed by atoms with van der Waals surface area (Å²) in [5.74, 6) is -0.646. The molecule has 0 unspecified atom stereocenters. The number of halogens is 2. The Kier molecular flexibility index (Phi) is 2.97. The summed E-state index contributed by atoms with van der Waals surface area (Å²) in [5, 5.41) is 0.150. The van der Waals surface area contributed by atoms with Crippen molar-refractivity contribution in [2.75, 3.05) is 0 Å². The van der Waals surface area contributed by atoms with Crippen LogP contribution in [-0.2, 0) is 0 Å². The second-order valence-corrected chi connectivity index (χ2v) is 3.54. The van der Waals surface area contributed by atoms with Gasteiger partial charge in [0.15, 0.2) is 5.78 Å². The molecular formula is C12H7ClFNO. The summed E-state index contributed by atoms with van der Waals surface area (Å²) in [6.45, 7) is 0. The number of pyridine rings is 1. The minimum absolute atomic E-state index is 0.150. The first-order valence-corrected chi connectivity index (χ1v) is 4.97. The number of hydrogen-bond donors (Lipinski definition) is 0. The van der Waals surface area contributed by atoms with E-state index in [9.17, 15) is 9.18 Å². The lowest BCUT2D eigenvalue weighted by molar-refractivity contribution is 0.103. The molecular weight excluding hydrogens is 229 g/mol. The van der Waals surface area contributed by atoms with E-state index >= 15 is 0 Å². The standard InChI is InChI=1S/C12H7ClFNO/c13-12-10(2-1-7-15-12)11(16)8-3-5-9(14)6-4-8/h1-7H. The number of benzene rings is 1. The second-order valence-electron chi connectivity index (χ2n) is 3.18. The van der Waals surface area contributed by atoms with Crippen LogP contribution in [0.2, 0.25) is 5.15 Å². The highest BCUT2D eigenvalue weighted by atomic mass is 35.5. The third-order valence-electron chi connectivity index (χ3n) is 2.11. The molecule has 0 aliphatic heterocycles. The molecule has 0 N–H and O–H groups in total. The van der Waals surface area contributed by atoms with Crippen molar-refractivity contribution in [2.24, 2.45) is 0 Å². The van der Waals surface area contributed by atoms with Gasteiger partial charge in [-0.2, -0.15) is 0 Å². The lowest BCUT2D eigenvalue weighted by Gasteiger charge is -2.02. The Balaban J connectivity index is 2.40. The first-order chi connectivity index (χ1) is 7.68. The Hall–Kier alpha value is -1.74. The Bertz CT molecular complexity index is 525. The smallest absolute Gasteiger partial charge is 0.196 e. The molecule has 2 nitrogen and oxygen atoms in total. The minimum atomic E-state index is -0.381. The average molecular weight is 236 g/mol. The second kappa shape index (κ2) is 4.41. The summed E-state index contributed by atoms with van der Waals surface area (Å²) in [6.07, 6.45) is 1.50. The van der Waals surface area contributed by atoms with Crippen molar-refractivity contribution in [3.63, 3.8) is 0 Å². The Labute approximate surface area is 96.7 Å². The number of aromatic nitrogens is 1. The highest BCUT2D eigenvalue weighted by Crippen LogP contribution is 2.16.